The largest absolute Gasteiger partial charge is 0.616 e. The Bertz CT molecular complexity index is 772. The summed E-state index contributed by atoms with van der Waals surface area (Å²) in [4.78, 5) is 0. The van der Waals surface area contributed by atoms with E-state index in [0.29, 0.717) is 24.7 Å². The van der Waals surface area contributed by atoms with E-state index in [2.05, 4.69) is 59.4 Å². The highest BCUT2D eigenvalue weighted by molar-refractivity contribution is 7.92. The van der Waals surface area contributed by atoms with E-state index in [-0.39, 0.29) is 10.2 Å². The number of rotatable bonds is 5. The SMILES string of the molecule is C=C1/C(=C\C=C2/CCC[C@]3(C)C([C@H](C)CC[S+]([O-])C(C)(C)C)=CC[C@@H]23)C[C@@H](O)C[C@@H]1O. The van der Waals surface area contributed by atoms with Crippen LogP contribution in [0, 0.1) is 17.3 Å². The highest BCUT2D eigenvalue weighted by Gasteiger charge is 2.46. The third kappa shape index (κ3) is 5.40. The van der Waals surface area contributed by atoms with Crippen LogP contribution in [0.1, 0.15) is 79.6 Å². The van der Waals surface area contributed by atoms with E-state index in [1.165, 1.54) is 18.4 Å². The van der Waals surface area contributed by atoms with Gasteiger partial charge in [-0.1, -0.05) is 49.8 Å². The number of fused-ring (bicyclic) bond motifs is 1. The third-order valence-electron chi connectivity index (χ3n) is 7.83. The first-order chi connectivity index (χ1) is 14.4. The van der Waals surface area contributed by atoms with Crippen LogP contribution in [0.2, 0.25) is 0 Å². The molecule has 0 saturated heterocycles. The maximum atomic E-state index is 12.5. The monoisotopic (exact) mass is 446 g/mol. The van der Waals surface area contributed by atoms with Gasteiger partial charge < -0.3 is 14.8 Å². The molecule has 2 saturated carbocycles. The minimum atomic E-state index is -0.799. The molecule has 3 aliphatic carbocycles. The zero-order chi connectivity index (χ0) is 23.0. The van der Waals surface area contributed by atoms with E-state index >= 15 is 0 Å². The van der Waals surface area contributed by atoms with Gasteiger partial charge in [-0.15, -0.1) is 0 Å². The van der Waals surface area contributed by atoms with Crippen molar-refractivity contribution >= 4 is 11.2 Å². The molecule has 0 aliphatic heterocycles. The van der Waals surface area contributed by atoms with E-state index in [1.54, 1.807) is 5.57 Å². The van der Waals surface area contributed by atoms with E-state index < -0.39 is 23.4 Å². The fourth-order valence-corrected chi connectivity index (χ4v) is 7.01. The standard InChI is InChI=1S/C27H42O3S/c1-18(13-15-31(30)26(3,4)5)23-11-12-24-20(8-7-14-27(23,24)6)9-10-21-16-22(28)17-25(29)19(21)2/h9-11,18,22,24-25,28-29H,2,7-8,12-17H2,1,3-6H3/b20-9+,21-10-/t18-,22-,24+,25+,27-,31?/m1/s1. The minimum Gasteiger partial charge on any atom is -0.616 e. The Morgan fingerprint density at radius 3 is 2.71 bits per heavy atom. The maximum absolute atomic E-state index is 12.5. The summed E-state index contributed by atoms with van der Waals surface area (Å²) in [5, 5.41) is 20.2. The molecular formula is C27H42O3S. The van der Waals surface area contributed by atoms with Crippen LogP contribution in [0.3, 0.4) is 0 Å². The first kappa shape index (κ1) is 24.8. The lowest BCUT2D eigenvalue weighted by atomic mass is 9.62. The molecule has 0 heterocycles. The van der Waals surface area contributed by atoms with Crippen LogP contribution < -0.4 is 0 Å². The van der Waals surface area contributed by atoms with E-state index in [9.17, 15) is 14.8 Å². The summed E-state index contributed by atoms with van der Waals surface area (Å²) in [6, 6.07) is 0. The second kappa shape index (κ2) is 9.59. The summed E-state index contributed by atoms with van der Waals surface area (Å²) in [6.07, 6.45) is 12.2. The van der Waals surface area contributed by atoms with Gasteiger partial charge in [0.05, 0.1) is 12.2 Å². The van der Waals surface area contributed by atoms with Gasteiger partial charge in [-0.25, -0.2) is 0 Å². The quantitative estimate of drug-likeness (QED) is 0.425. The Morgan fingerprint density at radius 1 is 1.32 bits per heavy atom. The molecule has 3 aliphatic rings. The van der Waals surface area contributed by atoms with Gasteiger partial charge in [-0.2, -0.15) is 0 Å². The average Bonchev–Trinajstić information content (AvgIpc) is 3.04. The molecule has 0 amide bonds. The summed E-state index contributed by atoms with van der Waals surface area (Å²) < 4.78 is 12.4. The molecule has 3 rings (SSSR count). The van der Waals surface area contributed by atoms with Gasteiger partial charge >= 0.3 is 0 Å². The molecule has 0 aromatic rings. The van der Waals surface area contributed by atoms with Gasteiger partial charge in [0.15, 0.2) is 0 Å². The Morgan fingerprint density at radius 2 is 2.03 bits per heavy atom. The number of hydrogen-bond acceptors (Lipinski definition) is 3. The van der Waals surface area contributed by atoms with Crippen molar-refractivity contribution in [2.24, 2.45) is 17.3 Å². The van der Waals surface area contributed by atoms with Gasteiger partial charge in [-0.05, 0) is 98.9 Å². The van der Waals surface area contributed by atoms with Crippen molar-refractivity contribution < 1.29 is 14.8 Å². The summed E-state index contributed by atoms with van der Waals surface area (Å²) >= 11 is -0.799. The average molecular weight is 447 g/mol. The molecule has 174 valence electrons. The Labute approximate surface area is 192 Å². The molecule has 1 unspecified atom stereocenters. The predicted molar refractivity (Wildman–Crippen MR) is 131 cm³/mol. The lowest BCUT2D eigenvalue weighted by Crippen LogP contribution is -2.34. The van der Waals surface area contributed by atoms with Crippen LogP contribution in [0.15, 0.2) is 47.1 Å². The second-order valence-electron chi connectivity index (χ2n) is 11.1. The van der Waals surface area contributed by atoms with Crippen molar-refractivity contribution in [3.05, 3.63) is 47.1 Å². The first-order valence-electron chi connectivity index (χ1n) is 12.0. The summed E-state index contributed by atoms with van der Waals surface area (Å²) in [5.41, 5.74) is 4.98. The predicted octanol–water partition coefficient (Wildman–Crippen LogP) is 5.62. The van der Waals surface area contributed by atoms with Gasteiger partial charge in [0.1, 0.15) is 10.5 Å². The lowest BCUT2D eigenvalue weighted by molar-refractivity contribution is 0.0862. The Kier molecular flexibility index (Phi) is 7.68. The molecule has 0 spiro atoms. The number of aliphatic hydroxyl groups excluding tert-OH is 2. The summed E-state index contributed by atoms with van der Waals surface area (Å²) in [5.74, 6) is 1.75. The van der Waals surface area contributed by atoms with E-state index in [4.69, 9.17) is 0 Å². The fourth-order valence-electron chi connectivity index (χ4n) is 5.83. The molecule has 4 heteroatoms. The van der Waals surface area contributed by atoms with E-state index in [1.807, 2.05) is 0 Å². The Hall–Kier alpha value is -0.810. The highest BCUT2D eigenvalue weighted by Crippen LogP contribution is 2.57. The van der Waals surface area contributed by atoms with Crippen LogP contribution in [-0.4, -0.2) is 37.5 Å². The van der Waals surface area contributed by atoms with Crippen LogP contribution in [0.25, 0.3) is 0 Å². The van der Waals surface area contributed by atoms with Crippen LogP contribution in [-0.2, 0) is 11.2 Å². The molecular weight excluding hydrogens is 404 g/mol. The lowest BCUT2D eigenvalue weighted by Gasteiger charge is -2.42. The smallest absolute Gasteiger partial charge is 0.117 e. The molecule has 3 nitrogen and oxygen atoms in total. The Balaban J connectivity index is 1.72. The molecule has 0 radical (unpaired) electrons. The fraction of sp³-hybridized carbons (Fsp3) is 0.704. The molecule has 6 atom stereocenters. The molecule has 0 aromatic carbocycles. The van der Waals surface area contributed by atoms with Crippen molar-refractivity contribution in [3.8, 4) is 0 Å². The third-order valence-corrected chi connectivity index (χ3v) is 9.80. The molecule has 0 bridgehead atoms. The number of hydrogen-bond donors (Lipinski definition) is 2. The normalized spacial score (nSPS) is 36.5. The molecule has 2 fully saturated rings. The zero-order valence-corrected chi connectivity index (χ0v) is 20.9. The number of allylic oxidation sites excluding steroid dienone is 5. The van der Waals surface area contributed by atoms with Gasteiger partial charge in [-0.3, -0.25) is 0 Å². The van der Waals surface area contributed by atoms with E-state index in [0.717, 1.165) is 36.2 Å². The van der Waals surface area contributed by atoms with Crippen molar-refractivity contribution in [2.75, 3.05) is 5.75 Å². The first-order valence-corrected chi connectivity index (χ1v) is 13.3. The van der Waals surface area contributed by atoms with Gasteiger partial charge in [0, 0.05) is 6.42 Å². The molecule has 0 aromatic heterocycles. The van der Waals surface area contributed by atoms with Crippen LogP contribution >= 0.6 is 0 Å². The molecule has 31 heavy (non-hydrogen) atoms. The van der Waals surface area contributed by atoms with Crippen molar-refractivity contribution in [3.63, 3.8) is 0 Å². The van der Waals surface area contributed by atoms with Crippen molar-refractivity contribution in [2.45, 2.75) is 96.5 Å². The number of aliphatic hydroxyl groups is 2. The summed E-state index contributed by atoms with van der Waals surface area (Å²) in [6.45, 7) is 15.0. The van der Waals surface area contributed by atoms with Crippen molar-refractivity contribution in [1.82, 2.24) is 0 Å². The van der Waals surface area contributed by atoms with Crippen LogP contribution in [0.5, 0.6) is 0 Å². The van der Waals surface area contributed by atoms with Crippen molar-refractivity contribution in [1.29, 1.82) is 0 Å². The van der Waals surface area contributed by atoms with Gasteiger partial charge in [0.25, 0.3) is 0 Å². The second-order valence-corrected chi connectivity index (χ2v) is 13.5. The minimum absolute atomic E-state index is 0.144. The van der Waals surface area contributed by atoms with Gasteiger partial charge in [0.2, 0.25) is 0 Å². The molecule has 2 N–H and O–H groups in total. The maximum Gasteiger partial charge on any atom is 0.117 e. The van der Waals surface area contributed by atoms with Crippen LogP contribution in [0.4, 0.5) is 0 Å². The topological polar surface area (TPSA) is 63.5 Å². The summed E-state index contributed by atoms with van der Waals surface area (Å²) in [7, 11) is 0. The highest BCUT2D eigenvalue weighted by atomic mass is 32.2. The zero-order valence-electron chi connectivity index (χ0n) is 20.1.